The van der Waals surface area contributed by atoms with Gasteiger partial charge >= 0.3 is 0 Å². The number of rotatable bonds is 9. The minimum Gasteiger partial charge on any atom is -0.490 e. The summed E-state index contributed by atoms with van der Waals surface area (Å²) in [5.41, 5.74) is 0.972. The highest BCUT2D eigenvalue weighted by atomic mass is 16.5. The van der Waals surface area contributed by atoms with Crippen molar-refractivity contribution in [3.63, 3.8) is 0 Å². The maximum absolute atomic E-state index is 11.8. The second-order valence-electron chi connectivity index (χ2n) is 5.19. The Morgan fingerprint density at radius 1 is 1.29 bits per heavy atom. The van der Waals surface area contributed by atoms with Gasteiger partial charge in [0, 0.05) is 18.7 Å². The van der Waals surface area contributed by atoms with E-state index < -0.39 is 0 Å². The van der Waals surface area contributed by atoms with Crippen molar-refractivity contribution in [2.75, 3.05) is 26.8 Å². The van der Waals surface area contributed by atoms with Gasteiger partial charge in [0.25, 0.3) is 5.91 Å². The Bertz CT molecular complexity index is 423. The molecule has 0 aliphatic carbocycles. The van der Waals surface area contributed by atoms with Crippen LogP contribution in [0.1, 0.15) is 26.3 Å². The largest absolute Gasteiger partial charge is 0.490 e. The summed E-state index contributed by atoms with van der Waals surface area (Å²) in [6.45, 7) is 7.88. The number of para-hydroxylation sites is 1. The molecule has 0 fully saturated rings. The molecule has 1 rings (SSSR count). The average Bonchev–Trinajstić information content (AvgIpc) is 2.45. The highest BCUT2D eigenvalue weighted by molar-refractivity contribution is 5.77. The maximum atomic E-state index is 11.8. The third kappa shape index (κ3) is 6.04. The molecule has 0 saturated heterocycles. The molecule has 1 amide bonds. The van der Waals surface area contributed by atoms with Crippen LogP contribution in [0, 0.1) is 5.92 Å². The molecule has 0 heterocycles. The molecule has 0 saturated carbocycles. The molecule has 0 aliphatic heterocycles. The van der Waals surface area contributed by atoms with E-state index in [0.717, 1.165) is 5.56 Å². The molecule has 21 heavy (non-hydrogen) atoms. The van der Waals surface area contributed by atoms with Gasteiger partial charge < -0.3 is 20.1 Å². The highest BCUT2D eigenvalue weighted by Crippen LogP contribution is 2.31. The Morgan fingerprint density at radius 2 is 2.05 bits per heavy atom. The van der Waals surface area contributed by atoms with Gasteiger partial charge in [-0.15, -0.1) is 0 Å². The Hall–Kier alpha value is -1.75. The number of hydrogen-bond donors (Lipinski definition) is 2. The summed E-state index contributed by atoms with van der Waals surface area (Å²) < 4.78 is 11.3. The van der Waals surface area contributed by atoms with Gasteiger partial charge in [-0.2, -0.15) is 0 Å². The SMILES string of the molecule is CCOc1cccc(CNC)c1OCC(=O)NCC(C)C. The quantitative estimate of drug-likeness (QED) is 0.731. The molecule has 0 radical (unpaired) electrons. The van der Waals surface area contributed by atoms with E-state index in [1.807, 2.05) is 32.2 Å². The van der Waals surface area contributed by atoms with Crippen LogP contribution in [-0.4, -0.2) is 32.7 Å². The summed E-state index contributed by atoms with van der Waals surface area (Å²) in [7, 11) is 1.87. The first-order valence-corrected chi connectivity index (χ1v) is 7.37. The molecule has 0 aliphatic rings. The van der Waals surface area contributed by atoms with Crippen LogP contribution in [0.15, 0.2) is 18.2 Å². The Balaban J connectivity index is 2.72. The van der Waals surface area contributed by atoms with E-state index >= 15 is 0 Å². The fourth-order valence-electron chi connectivity index (χ4n) is 1.83. The van der Waals surface area contributed by atoms with E-state index in [-0.39, 0.29) is 12.5 Å². The van der Waals surface area contributed by atoms with Crippen molar-refractivity contribution < 1.29 is 14.3 Å². The molecule has 1 aromatic carbocycles. The summed E-state index contributed by atoms with van der Waals surface area (Å²) >= 11 is 0. The van der Waals surface area contributed by atoms with Gasteiger partial charge in [0.15, 0.2) is 18.1 Å². The van der Waals surface area contributed by atoms with E-state index in [0.29, 0.717) is 37.1 Å². The fourth-order valence-corrected chi connectivity index (χ4v) is 1.83. The fraction of sp³-hybridized carbons (Fsp3) is 0.562. The predicted molar refractivity (Wildman–Crippen MR) is 83.7 cm³/mol. The van der Waals surface area contributed by atoms with Crippen LogP contribution < -0.4 is 20.1 Å². The minimum absolute atomic E-state index is 0.00643. The van der Waals surface area contributed by atoms with Gasteiger partial charge in [-0.3, -0.25) is 4.79 Å². The summed E-state index contributed by atoms with van der Waals surface area (Å²) in [5.74, 6) is 1.60. The van der Waals surface area contributed by atoms with Crippen molar-refractivity contribution in [1.82, 2.24) is 10.6 Å². The summed E-state index contributed by atoms with van der Waals surface area (Å²) in [6.07, 6.45) is 0. The first-order chi connectivity index (χ1) is 10.1. The van der Waals surface area contributed by atoms with Gasteiger partial charge in [0.2, 0.25) is 0 Å². The van der Waals surface area contributed by atoms with Crippen molar-refractivity contribution in [3.8, 4) is 11.5 Å². The zero-order valence-corrected chi connectivity index (χ0v) is 13.4. The average molecular weight is 294 g/mol. The third-order valence-electron chi connectivity index (χ3n) is 2.78. The van der Waals surface area contributed by atoms with Crippen LogP contribution in [0.3, 0.4) is 0 Å². The van der Waals surface area contributed by atoms with Gasteiger partial charge in [-0.1, -0.05) is 26.0 Å². The van der Waals surface area contributed by atoms with E-state index in [4.69, 9.17) is 9.47 Å². The van der Waals surface area contributed by atoms with Crippen LogP contribution in [0.2, 0.25) is 0 Å². The van der Waals surface area contributed by atoms with Crippen molar-refractivity contribution >= 4 is 5.91 Å². The van der Waals surface area contributed by atoms with Crippen molar-refractivity contribution in [1.29, 1.82) is 0 Å². The lowest BCUT2D eigenvalue weighted by atomic mass is 10.2. The van der Waals surface area contributed by atoms with Gasteiger partial charge in [-0.25, -0.2) is 0 Å². The predicted octanol–water partition coefficient (Wildman–Crippen LogP) is 1.96. The smallest absolute Gasteiger partial charge is 0.257 e. The topological polar surface area (TPSA) is 59.6 Å². The lowest BCUT2D eigenvalue weighted by Gasteiger charge is -2.16. The van der Waals surface area contributed by atoms with Crippen molar-refractivity contribution in [2.45, 2.75) is 27.3 Å². The number of nitrogens with one attached hydrogen (secondary N) is 2. The Kier molecular flexibility index (Phi) is 7.61. The first-order valence-electron chi connectivity index (χ1n) is 7.37. The number of ether oxygens (including phenoxy) is 2. The second-order valence-corrected chi connectivity index (χ2v) is 5.19. The lowest BCUT2D eigenvalue weighted by Crippen LogP contribution is -2.32. The molecular formula is C16H26N2O3. The monoisotopic (exact) mass is 294 g/mol. The lowest BCUT2D eigenvalue weighted by molar-refractivity contribution is -0.123. The minimum atomic E-state index is -0.120. The maximum Gasteiger partial charge on any atom is 0.257 e. The van der Waals surface area contributed by atoms with Crippen LogP contribution >= 0.6 is 0 Å². The number of hydrogen-bond acceptors (Lipinski definition) is 4. The van der Waals surface area contributed by atoms with E-state index in [9.17, 15) is 4.79 Å². The summed E-state index contributed by atoms with van der Waals surface area (Å²) in [5, 5.41) is 5.92. The van der Waals surface area contributed by atoms with Gasteiger partial charge in [-0.05, 0) is 26.0 Å². The molecular weight excluding hydrogens is 268 g/mol. The molecule has 2 N–H and O–H groups in total. The molecule has 5 heteroatoms. The summed E-state index contributed by atoms with van der Waals surface area (Å²) in [4.78, 5) is 11.8. The molecule has 0 atom stereocenters. The van der Waals surface area contributed by atoms with E-state index in [2.05, 4.69) is 24.5 Å². The normalized spacial score (nSPS) is 10.5. The second kappa shape index (κ2) is 9.23. The van der Waals surface area contributed by atoms with Crippen LogP contribution in [-0.2, 0) is 11.3 Å². The van der Waals surface area contributed by atoms with Crippen LogP contribution in [0.5, 0.6) is 11.5 Å². The third-order valence-corrected chi connectivity index (χ3v) is 2.78. The first kappa shape index (κ1) is 17.3. The zero-order chi connectivity index (χ0) is 15.7. The molecule has 0 spiro atoms. The van der Waals surface area contributed by atoms with E-state index in [1.165, 1.54) is 0 Å². The van der Waals surface area contributed by atoms with Crippen molar-refractivity contribution in [2.24, 2.45) is 5.92 Å². The summed E-state index contributed by atoms with van der Waals surface area (Å²) in [6, 6.07) is 5.73. The van der Waals surface area contributed by atoms with E-state index in [1.54, 1.807) is 0 Å². The van der Waals surface area contributed by atoms with Crippen molar-refractivity contribution in [3.05, 3.63) is 23.8 Å². The van der Waals surface area contributed by atoms with Gasteiger partial charge in [0.1, 0.15) is 0 Å². The molecule has 1 aromatic rings. The standard InChI is InChI=1S/C16H26N2O3/c1-5-20-14-8-6-7-13(10-17-4)16(14)21-11-15(19)18-9-12(2)3/h6-8,12,17H,5,9-11H2,1-4H3,(H,18,19). The number of benzene rings is 1. The Labute approximate surface area is 127 Å². The Morgan fingerprint density at radius 3 is 2.67 bits per heavy atom. The molecule has 118 valence electrons. The number of carbonyl (C=O) groups is 1. The molecule has 0 bridgehead atoms. The highest BCUT2D eigenvalue weighted by Gasteiger charge is 2.12. The number of amides is 1. The molecule has 0 unspecified atom stereocenters. The van der Waals surface area contributed by atoms with Crippen LogP contribution in [0.4, 0.5) is 0 Å². The zero-order valence-electron chi connectivity index (χ0n) is 13.4. The molecule has 5 nitrogen and oxygen atoms in total. The van der Waals surface area contributed by atoms with Gasteiger partial charge in [0.05, 0.1) is 6.61 Å². The number of carbonyl (C=O) groups excluding carboxylic acids is 1. The molecule has 0 aromatic heterocycles. The van der Waals surface area contributed by atoms with Crippen LogP contribution in [0.25, 0.3) is 0 Å².